The normalized spacial score (nSPS) is 14.1. The molecule has 0 rings (SSSR count). The molecular formula is C46H85N4O14P. The van der Waals surface area contributed by atoms with E-state index in [9.17, 15) is 33.8 Å². The number of esters is 5. The maximum absolute atomic E-state index is 14.2. The van der Waals surface area contributed by atoms with Crippen LogP contribution in [-0.4, -0.2) is 151 Å². The number of nitrogens with zero attached hydrogens (tertiary/aromatic N) is 4. The van der Waals surface area contributed by atoms with E-state index in [0.717, 1.165) is 32.1 Å². The molecule has 65 heavy (non-hydrogen) atoms. The lowest BCUT2D eigenvalue weighted by molar-refractivity contribution is -0.163. The van der Waals surface area contributed by atoms with E-state index in [2.05, 4.69) is 6.92 Å². The molecule has 0 saturated carbocycles. The molecule has 1 unspecified atom stereocenters. The van der Waals surface area contributed by atoms with E-state index < -0.39 is 91.4 Å². The fourth-order valence-electron chi connectivity index (χ4n) is 5.92. The first kappa shape index (κ1) is 61.8. The standard InChI is InChI=1S/C46H85N4O14P/c1-17-18-19-20-21-22-27-57-65(56,58-28-23-24-47)59-35-36(50(33-40(54)63-45(11,12)13)34-41(55)64-46(14,15)16)29-48(30-37(51)60-42(2,3)4)25-26-49(31-38(52)61-43(5,6)7)32-39(53)62-44(8,9)10/h36H,17-23,25-35H2,1-16H3/t36-,65?/m1/s1. The zero-order valence-electron chi connectivity index (χ0n) is 42.8. The van der Waals surface area contributed by atoms with Gasteiger partial charge in [-0.2, -0.15) is 5.26 Å². The van der Waals surface area contributed by atoms with Gasteiger partial charge in [-0.1, -0.05) is 39.0 Å². The molecule has 18 nitrogen and oxygen atoms in total. The van der Waals surface area contributed by atoms with Gasteiger partial charge in [0.05, 0.1) is 65.0 Å². The van der Waals surface area contributed by atoms with Crippen molar-refractivity contribution in [3.63, 3.8) is 0 Å². The highest BCUT2D eigenvalue weighted by molar-refractivity contribution is 7.48. The highest BCUT2D eigenvalue weighted by atomic mass is 31.2. The lowest BCUT2D eigenvalue weighted by atomic mass is 10.1. The fourth-order valence-corrected chi connectivity index (χ4v) is 7.16. The number of phosphoric acid groups is 1. The van der Waals surface area contributed by atoms with Crippen LogP contribution in [0, 0.1) is 11.3 Å². The van der Waals surface area contributed by atoms with Crippen LogP contribution in [0.2, 0.25) is 0 Å². The van der Waals surface area contributed by atoms with Crippen molar-refractivity contribution >= 4 is 37.7 Å². The summed E-state index contributed by atoms with van der Waals surface area (Å²) in [6.45, 7) is 25.1. The Morgan fingerprint density at radius 1 is 0.508 bits per heavy atom. The highest BCUT2D eigenvalue weighted by Crippen LogP contribution is 2.50. The Hall–Kier alpha value is -3.17. The Bertz CT molecular complexity index is 1490. The first-order valence-corrected chi connectivity index (χ1v) is 24.3. The van der Waals surface area contributed by atoms with Crippen molar-refractivity contribution in [1.82, 2.24) is 14.7 Å². The molecule has 378 valence electrons. The van der Waals surface area contributed by atoms with Crippen molar-refractivity contribution < 1.29 is 65.8 Å². The molecule has 0 aliphatic heterocycles. The fraction of sp³-hybridized carbons (Fsp3) is 0.870. The second-order valence-corrected chi connectivity index (χ2v) is 22.7. The van der Waals surface area contributed by atoms with E-state index in [4.69, 9.17) is 37.3 Å². The molecule has 0 N–H and O–H groups in total. The van der Waals surface area contributed by atoms with Crippen LogP contribution in [0.3, 0.4) is 0 Å². The Labute approximate surface area is 390 Å². The number of unbranched alkanes of at least 4 members (excludes halogenated alkanes) is 5. The number of phosphoric ester groups is 1. The Morgan fingerprint density at radius 3 is 1.26 bits per heavy atom. The average molecular weight is 949 g/mol. The van der Waals surface area contributed by atoms with Crippen molar-refractivity contribution in [3.05, 3.63) is 0 Å². The van der Waals surface area contributed by atoms with Gasteiger partial charge >= 0.3 is 37.7 Å². The molecule has 0 aliphatic rings. The maximum atomic E-state index is 14.2. The van der Waals surface area contributed by atoms with Gasteiger partial charge in [-0.15, -0.1) is 0 Å². The van der Waals surface area contributed by atoms with Crippen LogP contribution < -0.4 is 0 Å². The third-order valence-corrected chi connectivity index (χ3v) is 9.64. The number of nitriles is 1. The summed E-state index contributed by atoms with van der Waals surface area (Å²) in [6.07, 6.45) is 5.48. The lowest BCUT2D eigenvalue weighted by Gasteiger charge is -2.36. The number of hydrogen-bond acceptors (Lipinski definition) is 18. The van der Waals surface area contributed by atoms with Crippen LogP contribution in [0.5, 0.6) is 0 Å². The van der Waals surface area contributed by atoms with E-state index in [0.29, 0.717) is 6.42 Å². The zero-order valence-corrected chi connectivity index (χ0v) is 43.7. The summed E-state index contributed by atoms with van der Waals surface area (Å²) in [7, 11) is -4.37. The molecule has 0 aromatic rings. The summed E-state index contributed by atoms with van der Waals surface area (Å²) in [5.74, 6) is -3.21. The maximum Gasteiger partial charge on any atom is 0.474 e. The van der Waals surface area contributed by atoms with E-state index in [1.54, 1.807) is 109 Å². The van der Waals surface area contributed by atoms with Crippen LogP contribution in [0.25, 0.3) is 0 Å². The van der Waals surface area contributed by atoms with Crippen molar-refractivity contribution in [3.8, 4) is 6.07 Å². The van der Waals surface area contributed by atoms with E-state index in [-0.39, 0.29) is 58.9 Å². The summed E-state index contributed by atoms with van der Waals surface area (Å²) in [5, 5.41) is 9.23. The second-order valence-electron chi connectivity index (χ2n) is 21.0. The van der Waals surface area contributed by atoms with Gasteiger partial charge in [-0.05, 0) is 110 Å². The third kappa shape index (κ3) is 35.7. The molecule has 0 saturated heterocycles. The van der Waals surface area contributed by atoms with E-state index in [1.165, 1.54) is 9.80 Å². The zero-order chi connectivity index (χ0) is 50.3. The van der Waals surface area contributed by atoms with Gasteiger partial charge in [0.25, 0.3) is 0 Å². The molecule has 0 bridgehead atoms. The minimum Gasteiger partial charge on any atom is -0.459 e. The minimum absolute atomic E-state index is 0.0128. The van der Waals surface area contributed by atoms with Gasteiger partial charge in [0, 0.05) is 25.7 Å². The van der Waals surface area contributed by atoms with Gasteiger partial charge in [0.2, 0.25) is 0 Å². The van der Waals surface area contributed by atoms with Gasteiger partial charge in [0.15, 0.2) is 0 Å². The SMILES string of the molecule is CCCCCCCCOP(=O)(OCCC#N)OC[C@@H](CN(CCN(CC(=O)OC(C)(C)C)CC(=O)OC(C)(C)C)CC(=O)OC(C)(C)C)N(CC(=O)OC(C)(C)C)CC(=O)OC(C)(C)C. The minimum atomic E-state index is -4.37. The van der Waals surface area contributed by atoms with E-state index in [1.807, 2.05) is 6.07 Å². The molecule has 0 fully saturated rings. The van der Waals surface area contributed by atoms with Gasteiger partial charge in [-0.25, -0.2) is 4.57 Å². The molecular weight excluding hydrogens is 863 g/mol. The van der Waals surface area contributed by atoms with E-state index >= 15 is 0 Å². The van der Waals surface area contributed by atoms with Crippen LogP contribution in [-0.2, 0) is 65.8 Å². The summed E-state index contributed by atoms with van der Waals surface area (Å²) in [4.78, 5) is 71.5. The molecule has 0 heterocycles. The second kappa shape index (κ2) is 28.9. The van der Waals surface area contributed by atoms with Gasteiger partial charge in [0.1, 0.15) is 28.0 Å². The lowest BCUT2D eigenvalue weighted by Crippen LogP contribution is -2.53. The quantitative estimate of drug-likeness (QED) is 0.0297. The number of carbonyl (C=O) groups is 5. The monoisotopic (exact) mass is 949 g/mol. The predicted octanol–water partition coefficient (Wildman–Crippen LogP) is 7.40. The van der Waals surface area contributed by atoms with Crippen molar-refractivity contribution in [2.75, 3.05) is 72.2 Å². The van der Waals surface area contributed by atoms with Crippen LogP contribution in [0.15, 0.2) is 0 Å². The number of carbonyl (C=O) groups excluding carboxylic acids is 5. The highest BCUT2D eigenvalue weighted by Gasteiger charge is 2.35. The third-order valence-electron chi connectivity index (χ3n) is 8.18. The number of ether oxygens (including phenoxy) is 5. The molecule has 0 aromatic carbocycles. The number of rotatable bonds is 30. The first-order valence-electron chi connectivity index (χ1n) is 22.8. The van der Waals surface area contributed by atoms with Crippen LogP contribution in [0.1, 0.15) is 156 Å². The molecule has 0 amide bonds. The summed E-state index contributed by atoms with van der Waals surface area (Å²) < 4.78 is 59.8. The summed E-state index contributed by atoms with van der Waals surface area (Å²) in [5.41, 5.74) is -4.29. The molecule has 0 aromatic heterocycles. The van der Waals surface area contributed by atoms with Crippen molar-refractivity contribution in [2.24, 2.45) is 0 Å². The topological polar surface area (TPSA) is 210 Å². The molecule has 19 heteroatoms. The summed E-state index contributed by atoms with van der Waals surface area (Å²) in [6, 6.07) is 0.914. The number of hydrogen-bond donors (Lipinski definition) is 0. The van der Waals surface area contributed by atoms with Gasteiger partial charge in [-0.3, -0.25) is 52.2 Å². The summed E-state index contributed by atoms with van der Waals surface area (Å²) >= 11 is 0. The molecule has 0 aliphatic carbocycles. The molecule has 0 radical (unpaired) electrons. The van der Waals surface area contributed by atoms with Crippen LogP contribution >= 0.6 is 7.82 Å². The first-order chi connectivity index (χ1) is 29.6. The van der Waals surface area contributed by atoms with Crippen molar-refractivity contribution in [1.29, 1.82) is 5.26 Å². The Balaban J connectivity index is 7.37. The van der Waals surface area contributed by atoms with Gasteiger partial charge < -0.3 is 23.7 Å². The molecule has 2 atom stereocenters. The smallest absolute Gasteiger partial charge is 0.459 e. The average Bonchev–Trinajstić information content (AvgIpc) is 3.07. The largest absolute Gasteiger partial charge is 0.474 e. The predicted molar refractivity (Wildman–Crippen MR) is 247 cm³/mol. The van der Waals surface area contributed by atoms with Crippen molar-refractivity contribution in [2.45, 2.75) is 190 Å². The van der Waals surface area contributed by atoms with Crippen LogP contribution in [0.4, 0.5) is 0 Å². The Morgan fingerprint density at radius 2 is 0.862 bits per heavy atom. The Kier molecular flexibility index (Phi) is 27.5. The molecule has 0 spiro atoms.